The van der Waals surface area contributed by atoms with Crippen molar-refractivity contribution in [3.05, 3.63) is 65.2 Å². The highest BCUT2D eigenvalue weighted by Gasteiger charge is 2.12. The summed E-state index contributed by atoms with van der Waals surface area (Å²) < 4.78 is 16.4. The van der Waals surface area contributed by atoms with Crippen LogP contribution in [-0.4, -0.2) is 64.5 Å². The summed E-state index contributed by atoms with van der Waals surface area (Å²) in [6.45, 7) is 7.43. The van der Waals surface area contributed by atoms with Crippen molar-refractivity contribution < 1.29 is 14.2 Å². The minimum atomic E-state index is 0. The van der Waals surface area contributed by atoms with Crippen LogP contribution in [-0.2, 0) is 29.2 Å². The van der Waals surface area contributed by atoms with Gasteiger partial charge in [0.15, 0.2) is 5.96 Å². The van der Waals surface area contributed by atoms with Crippen molar-refractivity contribution in [3.63, 3.8) is 0 Å². The zero-order chi connectivity index (χ0) is 22.4. The fourth-order valence-corrected chi connectivity index (χ4v) is 3.58. The van der Waals surface area contributed by atoms with Crippen LogP contribution in [0.25, 0.3) is 0 Å². The summed E-state index contributed by atoms with van der Waals surface area (Å²) in [5, 5.41) is 6.80. The van der Waals surface area contributed by atoms with Gasteiger partial charge in [-0.2, -0.15) is 0 Å². The van der Waals surface area contributed by atoms with E-state index in [1.807, 2.05) is 24.3 Å². The van der Waals surface area contributed by atoms with E-state index < -0.39 is 0 Å². The van der Waals surface area contributed by atoms with Crippen LogP contribution in [0.15, 0.2) is 53.5 Å². The molecule has 0 aliphatic carbocycles. The number of aliphatic imine (C=N–C) groups is 1. The fraction of sp³-hybridized carbons (Fsp3) is 0.480. The summed E-state index contributed by atoms with van der Waals surface area (Å²) in [6.07, 6.45) is 0.907. The Bertz CT molecular complexity index is 827. The van der Waals surface area contributed by atoms with Gasteiger partial charge in [-0.05, 0) is 35.2 Å². The van der Waals surface area contributed by atoms with E-state index in [0.717, 1.165) is 69.6 Å². The van der Waals surface area contributed by atoms with E-state index in [9.17, 15) is 0 Å². The lowest BCUT2D eigenvalue weighted by molar-refractivity contribution is 0.0341. The normalized spacial score (nSPS) is 14.4. The van der Waals surface area contributed by atoms with E-state index in [1.54, 1.807) is 14.2 Å². The average molecular weight is 569 g/mol. The maximum atomic E-state index is 5.77. The third-order valence-corrected chi connectivity index (χ3v) is 5.47. The predicted molar refractivity (Wildman–Crippen MR) is 143 cm³/mol. The molecule has 1 saturated heterocycles. The standard InChI is InChI=1S/C25H36N4O3.HI/c1-26-25(27-12-5-15-32-20-21-8-10-24(30-2)11-9-21)28-18-22-6-3-4-7-23(22)19-29-13-16-31-17-14-29;/h3-4,6-11H,5,12-20H2,1-2H3,(H2,26,27,28);1H. The van der Waals surface area contributed by atoms with Gasteiger partial charge in [0.2, 0.25) is 0 Å². The zero-order valence-corrected chi connectivity index (χ0v) is 22.0. The van der Waals surface area contributed by atoms with Gasteiger partial charge in [-0.3, -0.25) is 9.89 Å². The van der Waals surface area contributed by atoms with Crippen molar-refractivity contribution in [3.8, 4) is 5.75 Å². The Balaban J connectivity index is 0.00000385. The summed E-state index contributed by atoms with van der Waals surface area (Å²) in [4.78, 5) is 6.79. The lowest BCUT2D eigenvalue weighted by Gasteiger charge is -2.27. The molecule has 3 rings (SSSR count). The van der Waals surface area contributed by atoms with E-state index >= 15 is 0 Å². The van der Waals surface area contributed by atoms with E-state index in [0.29, 0.717) is 13.2 Å². The number of hydrogen-bond donors (Lipinski definition) is 2. The predicted octanol–water partition coefficient (Wildman–Crippen LogP) is 3.42. The van der Waals surface area contributed by atoms with Crippen LogP contribution < -0.4 is 15.4 Å². The second-order valence-electron chi connectivity index (χ2n) is 7.76. The summed E-state index contributed by atoms with van der Waals surface area (Å²) in [6, 6.07) is 16.6. The van der Waals surface area contributed by atoms with Crippen LogP contribution in [0.4, 0.5) is 0 Å². The molecule has 33 heavy (non-hydrogen) atoms. The van der Waals surface area contributed by atoms with E-state index in [-0.39, 0.29) is 24.0 Å². The first kappa shape index (κ1) is 27.4. The highest BCUT2D eigenvalue weighted by Crippen LogP contribution is 2.13. The minimum absolute atomic E-state index is 0. The molecule has 2 N–H and O–H groups in total. The minimum Gasteiger partial charge on any atom is -0.497 e. The first-order valence-electron chi connectivity index (χ1n) is 11.3. The number of morpholine rings is 1. The van der Waals surface area contributed by atoms with Crippen molar-refractivity contribution in [2.24, 2.45) is 4.99 Å². The molecule has 182 valence electrons. The molecule has 0 aromatic heterocycles. The molecular weight excluding hydrogens is 531 g/mol. The molecule has 0 radical (unpaired) electrons. The number of rotatable bonds is 11. The molecule has 0 spiro atoms. The third kappa shape index (κ3) is 9.87. The molecule has 1 heterocycles. The Morgan fingerprint density at radius 1 is 1.03 bits per heavy atom. The number of guanidine groups is 1. The molecule has 0 bridgehead atoms. The molecule has 2 aromatic rings. The topological polar surface area (TPSA) is 67.4 Å². The molecule has 0 saturated carbocycles. The molecule has 0 unspecified atom stereocenters. The Hall–Kier alpha value is -1.88. The molecule has 7 nitrogen and oxygen atoms in total. The highest BCUT2D eigenvalue weighted by molar-refractivity contribution is 14.0. The van der Waals surface area contributed by atoms with E-state index in [1.165, 1.54) is 11.1 Å². The molecule has 0 atom stereocenters. The molecular formula is C25H37IN4O3. The SMILES string of the molecule is CN=C(NCCCOCc1ccc(OC)cc1)NCc1ccccc1CN1CCOCC1.I. The molecule has 1 aliphatic rings. The highest BCUT2D eigenvalue weighted by atomic mass is 127. The number of nitrogens with zero attached hydrogens (tertiary/aromatic N) is 2. The molecule has 1 aliphatic heterocycles. The van der Waals surface area contributed by atoms with Gasteiger partial charge in [0.05, 0.1) is 26.9 Å². The van der Waals surface area contributed by atoms with E-state index in [4.69, 9.17) is 14.2 Å². The van der Waals surface area contributed by atoms with Crippen LogP contribution in [0.2, 0.25) is 0 Å². The molecule has 1 fully saturated rings. The van der Waals surface area contributed by atoms with E-state index in [2.05, 4.69) is 44.8 Å². The van der Waals surface area contributed by atoms with Gasteiger partial charge >= 0.3 is 0 Å². The second kappa shape index (κ2) is 15.9. The van der Waals surface area contributed by atoms with Gasteiger partial charge in [-0.25, -0.2) is 0 Å². The van der Waals surface area contributed by atoms with Crippen LogP contribution in [0.1, 0.15) is 23.1 Å². The lowest BCUT2D eigenvalue weighted by atomic mass is 10.1. The van der Waals surface area contributed by atoms with Crippen molar-refractivity contribution in [2.45, 2.75) is 26.1 Å². The zero-order valence-electron chi connectivity index (χ0n) is 19.7. The van der Waals surface area contributed by atoms with Crippen molar-refractivity contribution in [1.29, 1.82) is 0 Å². The van der Waals surface area contributed by atoms with Gasteiger partial charge < -0.3 is 24.8 Å². The Morgan fingerprint density at radius 2 is 1.76 bits per heavy atom. The first-order valence-corrected chi connectivity index (χ1v) is 11.3. The Morgan fingerprint density at radius 3 is 2.45 bits per heavy atom. The quantitative estimate of drug-likeness (QED) is 0.188. The summed E-state index contributed by atoms with van der Waals surface area (Å²) in [5.74, 6) is 1.67. The van der Waals surface area contributed by atoms with Gasteiger partial charge in [-0.1, -0.05) is 36.4 Å². The number of ether oxygens (including phenoxy) is 3. The first-order chi connectivity index (χ1) is 15.8. The second-order valence-corrected chi connectivity index (χ2v) is 7.76. The summed E-state index contributed by atoms with van der Waals surface area (Å²) in [7, 11) is 3.47. The van der Waals surface area contributed by atoms with Crippen LogP contribution >= 0.6 is 24.0 Å². The largest absolute Gasteiger partial charge is 0.497 e. The van der Waals surface area contributed by atoms with Crippen LogP contribution in [0.5, 0.6) is 5.75 Å². The third-order valence-electron chi connectivity index (χ3n) is 5.47. The average Bonchev–Trinajstić information content (AvgIpc) is 2.85. The number of hydrogen-bond acceptors (Lipinski definition) is 5. The number of methoxy groups -OCH3 is 1. The number of nitrogens with one attached hydrogen (secondary N) is 2. The summed E-state index contributed by atoms with van der Waals surface area (Å²) >= 11 is 0. The fourth-order valence-electron chi connectivity index (χ4n) is 3.58. The Kier molecular flexibility index (Phi) is 13.2. The monoisotopic (exact) mass is 568 g/mol. The maximum Gasteiger partial charge on any atom is 0.191 e. The van der Waals surface area contributed by atoms with Gasteiger partial charge in [0.1, 0.15) is 5.75 Å². The van der Waals surface area contributed by atoms with Crippen molar-refractivity contribution in [2.75, 3.05) is 53.6 Å². The van der Waals surface area contributed by atoms with Crippen molar-refractivity contribution in [1.82, 2.24) is 15.5 Å². The number of benzene rings is 2. The van der Waals surface area contributed by atoms with Crippen LogP contribution in [0.3, 0.4) is 0 Å². The summed E-state index contributed by atoms with van der Waals surface area (Å²) in [5.41, 5.74) is 3.79. The van der Waals surface area contributed by atoms with Gasteiger partial charge in [-0.15, -0.1) is 24.0 Å². The van der Waals surface area contributed by atoms with Gasteiger partial charge in [0, 0.05) is 46.4 Å². The van der Waals surface area contributed by atoms with Crippen LogP contribution in [0, 0.1) is 0 Å². The Labute approximate surface area is 214 Å². The van der Waals surface area contributed by atoms with Crippen molar-refractivity contribution >= 4 is 29.9 Å². The van der Waals surface area contributed by atoms with Gasteiger partial charge in [0.25, 0.3) is 0 Å². The number of halogens is 1. The molecule has 0 amide bonds. The smallest absolute Gasteiger partial charge is 0.191 e. The lowest BCUT2D eigenvalue weighted by Crippen LogP contribution is -2.38. The maximum absolute atomic E-state index is 5.77. The molecule has 8 heteroatoms. The molecule has 2 aromatic carbocycles.